The van der Waals surface area contributed by atoms with Gasteiger partial charge in [0.15, 0.2) is 0 Å². The van der Waals surface area contributed by atoms with Crippen molar-refractivity contribution in [1.29, 1.82) is 5.26 Å². The van der Waals surface area contributed by atoms with Crippen molar-refractivity contribution >= 4 is 28.8 Å². The van der Waals surface area contributed by atoms with Gasteiger partial charge in [-0.25, -0.2) is 4.98 Å². The van der Waals surface area contributed by atoms with E-state index < -0.39 is 0 Å². The molecule has 1 aliphatic heterocycles. The molecule has 1 aliphatic rings. The number of para-hydroxylation sites is 1. The molecule has 7 heteroatoms. The van der Waals surface area contributed by atoms with Crippen LogP contribution in [0.15, 0.2) is 29.6 Å². The summed E-state index contributed by atoms with van der Waals surface area (Å²) < 4.78 is 0. The fourth-order valence-corrected chi connectivity index (χ4v) is 3.12. The van der Waals surface area contributed by atoms with Crippen molar-refractivity contribution in [2.45, 2.75) is 6.92 Å². The molecule has 0 unspecified atom stereocenters. The first kappa shape index (κ1) is 15.2. The molecule has 116 valence electrons. The van der Waals surface area contributed by atoms with Gasteiger partial charge in [0, 0.05) is 18.5 Å². The molecule has 0 saturated carbocycles. The third-order valence-corrected chi connectivity index (χ3v) is 4.43. The Morgan fingerprint density at radius 3 is 2.78 bits per heavy atom. The third kappa shape index (κ3) is 2.94. The van der Waals surface area contributed by atoms with Crippen LogP contribution in [-0.2, 0) is 4.79 Å². The van der Waals surface area contributed by atoms with Crippen LogP contribution in [0.3, 0.4) is 0 Å². The number of hydrogen-bond donors (Lipinski definition) is 0. The number of amides is 2. The summed E-state index contributed by atoms with van der Waals surface area (Å²) in [6.07, 6.45) is 0. The average molecular weight is 326 g/mol. The highest BCUT2D eigenvalue weighted by atomic mass is 32.1. The Morgan fingerprint density at radius 2 is 2.13 bits per heavy atom. The molecule has 0 atom stereocenters. The number of benzene rings is 1. The number of carbonyl (C=O) groups excluding carboxylic acids is 2. The van der Waals surface area contributed by atoms with Crippen molar-refractivity contribution in [2.24, 2.45) is 0 Å². The standard InChI is InChI=1S/C16H14N4O2S/c1-11-18-13(10-23-11)16(22)19-6-7-20(15(21)9-19)14-5-3-2-4-12(14)8-17/h2-5,10H,6-7,9H2,1H3. The second-order valence-corrected chi connectivity index (χ2v) is 6.22. The van der Waals surface area contributed by atoms with Gasteiger partial charge in [-0.2, -0.15) is 5.26 Å². The number of anilines is 1. The van der Waals surface area contributed by atoms with Crippen LogP contribution in [0.4, 0.5) is 5.69 Å². The fraction of sp³-hybridized carbons (Fsp3) is 0.250. The number of hydrogen-bond acceptors (Lipinski definition) is 5. The Bertz CT molecular complexity index is 808. The third-order valence-electron chi connectivity index (χ3n) is 3.66. The van der Waals surface area contributed by atoms with E-state index in [1.165, 1.54) is 16.2 Å². The van der Waals surface area contributed by atoms with E-state index in [1.54, 1.807) is 34.5 Å². The molecule has 0 aliphatic carbocycles. The lowest BCUT2D eigenvalue weighted by Crippen LogP contribution is -2.52. The van der Waals surface area contributed by atoms with Crippen molar-refractivity contribution in [3.05, 3.63) is 45.9 Å². The van der Waals surface area contributed by atoms with Crippen LogP contribution >= 0.6 is 11.3 Å². The van der Waals surface area contributed by atoms with Crippen LogP contribution in [-0.4, -0.2) is 41.3 Å². The molecule has 1 aromatic carbocycles. The number of aryl methyl sites for hydroxylation is 1. The highest BCUT2D eigenvalue weighted by molar-refractivity contribution is 7.09. The Labute approximate surface area is 137 Å². The maximum Gasteiger partial charge on any atom is 0.273 e. The molecule has 0 spiro atoms. The van der Waals surface area contributed by atoms with E-state index in [2.05, 4.69) is 11.1 Å². The van der Waals surface area contributed by atoms with Gasteiger partial charge in [0.2, 0.25) is 5.91 Å². The zero-order valence-electron chi connectivity index (χ0n) is 12.5. The minimum absolute atomic E-state index is 0.00479. The highest BCUT2D eigenvalue weighted by Gasteiger charge is 2.30. The van der Waals surface area contributed by atoms with Crippen LogP contribution in [0.5, 0.6) is 0 Å². The topological polar surface area (TPSA) is 77.3 Å². The summed E-state index contributed by atoms with van der Waals surface area (Å²) in [5.41, 5.74) is 1.43. The summed E-state index contributed by atoms with van der Waals surface area (Å²) in [5.74, 6) is -0.421. The number of rotatable bonds is 2. The molecule has 6 nitrogen and oxygen atoms in total. The zero-order chi connectivity index (χ0) is 16.4. The number of piperazine rings is 1. The average Bonchev–Trinajstić information content (AvgIpc) is 3.00. The minimum Gasteiger partial charge on any atom is -0.326 e. The Hall–Kier alpha value is -2.72. The second kappa shape index (κ2) is 6.18. The van der Waals surface area contributed by atoms with Crippen LogP contribution in [0.1, 0.15) is 21.1 Å². The van der Waals surface area contributed by atoms with Gasteiger partial charge in [0.1, 0.15) is 18.3 Å². The Kier molecular flexibility index (Phi) is 4.08. The molecule has 1 aromatic heterocycles. The second-order valence-electron chi connectivity index (χ2n) is 5.15. The monoisotopic (exact) mass is 326 g/mol. The maximum absolute atomic E-state index is 12.4. The SMILES string of the molecule is Cc1nc(C(=O)N2CCN(c3ccccc3C#N)C(=O)C2)cs1. The molecule has 0 bridgehead atoms. The van der Waals surface area contributed by atoms with Gasteiger partial charge in [-0.1, -0.05) is 12.1 Å². The van der Waals surface area contributed by atoms with E-state index in [-0.39, 0.29) is 18.4 Å². The Balaban J connectivity index is 1.76. The smallest absolute Gasteiger partial charge is 0.273 e. The van der Waals surface area contributed by atoms with Crippen molar-refractivity contribution in [1.82, 2.24) is 9.88 Å². The summed E-state index contributed by atoms with van der Waals surface area (Å²) in [4.78, 5) is 32.0. The van der Waals surface area contributed by atoms with Crippen LogP contribution in [0.25, 0.3) is 0 Å². The normalized spacial score (nSPS) is 14.7. The van der Waals surface area contributed by atoms with Crippen molar-refractivity contribution < 1.29 is 9.59 Å². The van der Waals surface area contributed by atoms with Crippen molar-refractivity contribution in [3.63, 3.8) is 0 Å². The molecule has 1 fully saturated rings. The van der Waals surface area contributed by atoms with Crippen molar-refractivity contribution in [3.8, 4) is 6.07 Å². The van der Waals surface area contributed by atoms with Gasteiger partial charge in [-0.05, 0) is 19.1 Å². The molecular formula is C16H14N4O2S. The number of carbonyl (C=O) groups is 2. The number of nitrogens with zero attached hydrogens (tertiary/aromatic N) is 4. The quantitative estimate of drug-likeness (QED) is 0.843. The predicted molar refractivity (Wildman–Crippen MR) is 86.3 cm³/mol. The van der Waals surface area contributed by atoms with Gasteiger partial charge in [-0.3, -0.25) is 9.59 Å². The van der Waals surface area contributed by atoms with E-state index in [9.17, 15) is 9.59 Å². The summed E-state index contributed by atoms with van der Waals surface area (Å²) in [6.45, 7) is 2.62. The van der Waals surface area contributed by atoms with Crippen LogP contribution in [0.2, 0.25) is 0 Å². The predicted octanol–water partition coefficient (Wildman–Crippen LogP) is 1.81. The lowest BCUT2D eigenvalue weighted by molar-refractivity contribution is -0.120. The first-order chi connectivity index (χ1) is 11.1. The first-order valence-corrected chi connectivity index (χ1v) is 7.99. The van der Waals surface area contributed by atoms with Gasteiger partial charge < -0.3 is 9.80 Å². The lowest BCUT2D eigenvalue weighted by Gasteiger charge is -2.34. The number of thiazole rings is 1. The molecule has 2 aromatic rings. The lowest BCUT2D eigenvalue weighted by atomic mass is 10.1. The fourth-order valence-electron chi connectivity index (χ4n) is 2.53. The first-order valence-electron chi connectivity index (χ1n) is 7.11. The highest BCUT2D eigenvalue weighted by Crippen LogP contribution is 2.22. The summed E-state index contributed by atoms with van der Waals surface area (Å²) in [5, 5.41) is 11.7. The van der Waals surface area contributed by atoms with E-state index >= 15 is 0 Å². The molecular weight excluding hydrogens is 312 g/mol. The number of aromatic nitrogens is 1. The largest absolute Gasteiger partial charge is 0.326 e. The van der Waals surface area contributed by atoms with Gasteiger partial charge in [0.05, 0.1) is 16.3 Å². The van der Waals surface area contributed by atoms with E-state index in [1.807, 2.05) is 6.92 Å². The summed E-state index contributed by atoms with van der Waals surface area (Å²) in [7, 11) is 0. The molecule has 0 N–H and O–H groups in total. The molecule has 23 heavy (non-hydrogen) atoms. The summed E-state index contributed by atoms with van der Waals surface area (Å²) >= 11 is 1.41. The van der Waals surface area contributed by atoms with Crippen LogP contribution < -0.4 is 4.90 Å². The number of nitriles is 1. The summed E-state index contributed by atoms with van der Waals surface area (Å²) in [6, 6.07) is 9.07. The van der Waals surface area contributed by atoms with Gasteiger partial charge in [-0.15, -0.1) is 11.3 Å². The Morgan fingerprint density at radius 1 is 1.35 bits per heavy atom. The van der Waals surface area contributed by atoms with Crippen LogP contribution in [0, 0.1) is 18.3 Å². The van der Waals surface area contributed by atoms with Crippen molar-refractivity contribution in [2.75, 3.05) is 24.5 Å². The minimum atomic E-state index is -0.226. The maximum atomic E-state index is 12.4. The van der Waals surface area contributed by atoms with E-state index in [4.69, 9.17) is 5.26 Å². The zero-order valence-corrected chi connectivity index (χ0v) is 13.3. The van der Waals surface area contributed by atoms with E-state index in [0.717, 1.165) is 5.01 Å². The molecule has 1 saturated heterocycles. The van der Waals surface area contributed by atoms with Gasteiger partial charge in [0.25, 0.3) is 5.91 Å². The molecule has 2 amide bonds. The molecule has 3 rings (SSSR count). The van der Waals surface area contributed by atoms with E-state index in [0.29, 0.717) is 30.0 Å². The van der Waals surface area contributed by atoms with Gasteiger partial charge >= 0.3 is 0 Å². The molecule has 2 heterocycles. The molecule has 0 radical (unpaired) electrons.